The third kappa shape index (κ3) is 30.8. The van der Waals surface area contributed by atoms with Crippen molar-refractivity contribution in [2.45, 2.75) is 161 Å². The molecule has 0 saturated carbocycles. The fourth-order valence-electron chi connectivity index (χ4n) is 4.54. The molecule has 0 aliphatic rings. The lowest BCUT2D eigenvalue weighted by atomic mass is 10.1. The van der Waals surface area contributed by atoms with Gasteiger partial charge < -0.3 is 14.6 Å². The van der Waals surface area contributed by atoms with Crippen LogP contribution >= 0.6 is 0 Å². The van der Waals surface area contributed by atoms with Crippen LogP contribution in [0.1, 0.15) is 155 Å². The van der Waals surface area contributed by atoms with E-state index >= 15 is 0 Å². The maximum absolute atomic E-state index is 12.1. The van der Waals surface area contributed by atoms with E-state index in [-0.39, 0.29) is 25.2 Å². The van der Waals surface area contributed by atoms with Crippen LogP contribution in [0, 0.1) is 0 Å². The van der Waals surface area contributed by atoms with Crippen molar-refractivity contribution in [1.82, 2.24) is 0 Å². The molecule has 0 heterocycles. The smallest absolute Gasteiger partial charge is 0.306 e. The van der Waals surface area contributed by atoms with Crippen LogP contribution in [-0.2, 0) is 19.1 Å². The largest absolute Gasteiger partial charge is 0.462 e. The molecular formula is C37H64O5. The molecule has 1 atom stereocenters. The zero-order valence-electron chi connectivity index (χ0n) is 27.2. The maximum atomic E-state index is 12.1. The Hall–Kier alpha value is -2.14. The highest BCUT2D eigenvalue weighted by molar-refractivity contribution is 5.70. The summed E-state index contributed by atoms with van der Waals surface area (Å²) in [5.41, 5.74) is 0. The lowest BCUT2D eigenvalue weighted by Gasteiger charge is -2.15. The molecule has 0 saturated heterocycles. The number of carbonyl (C=O) groups is 2. The van der Waals surface area contributed by atoms with Gasteiger partial charge in [-0.15, -0.1) is 0 Å². The van der Waals surface area contributed by atoms with Crippen molar-refractivity contribution in [2.24, 2.45) is 0 Å². The van der Waals surface area contributed by atoms with E-state index in [2.05, 4.69) is 62.5 Å². The van der Waals surface area contributed by atoms with Gasteiger partial charge in [-0.2, -0.15) is 0 Å². The zero-order valence-corrected chi connectivity index (χ0v) is 27.2. The number of esters is 2. The SMILES string of the molecule is CCC=CCC=CCC=CCC=CCCCCCCC(=O)OCC(CO)OC(=O)CCCCCCCCCCCCC. The predicted octanol–water partition coefficient (Wildman–Crippen LogP) is 10.3. The van der Waals surface area contributed by atoms with Crippen LogP contribution in [0.25, 0.3) is 0 Å². The molecule has 0 radical (unpaired) electrons. The second kappa shape index (κ2) is 33.4. The first-order valence-corrected chi connectivity index (χ1v) is 17.2. The van der Waals surface area contributed by atoms with Crippen LogP contribution in [0.3, 0.4) is 0 Å². The first-order valence-electron chi connectivity index (χ1n) is 17.2. The summed E-state index contributed by atoms with van der Waals surface area (Å²) in [7, 11) is 0. The number of hydrogen-bond acceptors (Lipinski definition) is 5. The summed E-state index contributed by atoms with van der Waals surface area (Å²) >= 11 is 0. The van der Waals surface area contributed by atoms with Gasteiger partial charge in [-0.25, -0.2) is 0 Å². The molecular weight excluding hydrogens is 524 g/mol. The fraction of sp³-hybridized carbons (Fsp3) is 0.730. The van der Waals surface area contributed by atoms with E-state index < -0.39 is 6.10 Å². The Balaban J connectivity index is 3.64. The Morgan fingerprint density at radius 3 is 1.55 bits per heavy atom. The maximum Gasteiger partial charge on any atom is 0.306 e. The highest BCUT2D eigenvalue weighted by atomic mass is 16.6. The molecule has 5 nitrogen and oxygen atoms in total. The first kappa shape index (κ1) is 39.9. The molecule has 0 aromatic heterocycles. The van der Waals surface area contributed by atoms with Gasteiger partial charge >= 0.3 is 11.9 Å². The standard InChI is InChI=1S/C37H64O5/c1-3-5-7-9-11-13-15-16-17-18-19-20-22-23-25-27-29-31-36(39)41-34-35(33-38)42-37(40)32-30-28-26-24-21-14-12-10-8-6-4-2/h5,7,11,13,16-17,19-20,35,38H,3-4,6,8-10,12,14-15,18,21-34H2,1-2H3. The molecule has 1 N–H and O–H groups in total. The average Bonchev–Trinajstić information content (AvgIpc) is 2.99. The van der Waals surface area contributed by atoms with E-state index in [4.69, 9.17) is 9.47 Å². The Morgan fingerprint density at radius 2 is 1.02 bits per heavy atom. The van der Waals surface area contributed by atoms with E-state index in [1.165, 1.54) is 51.4 Å². The fourth-order valence-corrected chi connectivity index (χ4v) is 4.54. The van der Waals surface area contributed by atoms with E-state index in [9.17, 15) is 14.7 Å². The van der Waals surface area contributed by atoms with Crippen LogP contribution in [0.5, 0.6) is 0 Å². The van der Waals surface area contributed by atoms with Gasteiger partial charge in [0.2, 0.25) is 0 Å². The van der Waals surface area contributed by atoms with Crippen molar-refractivity contribution in [3.05, 3.63) is 48.6 Å². The monoisotopic (exact) mass is 588 g/mol. The molecule has 0 rings (SSSR count). The van der Waals surface area contributed by atoms with E-state index in [0.717, 1.165) is 77.0 Å². The molecule has 0 amide bonds. The summed E-state index contributed by atoms with van der Waals surface area (Å²) < 4.78 is 10.5. The van der Waals surface area contributed by atoms with Gasteiger partial charge in [0, 0.05) is 12.8 Å². The van der Waals surface area contributed by atoms with Gasteiger partial charge in [0.25, 0.3) is 0 Å². The van der Waals surface area contributed by atoms with Crippen LogP contribution in [0.4, 0.5) is 0 Å². The predicted molar refractivity (Wildman–Crippen MR) is 177 cm³/mol. The normalized spacial score (nSPS) is 12.7. The minimum Gasteiger partial charge on any atom is -0.462 e. The van der Waals surface area contributed by atoms with Gasteiger partial charge in [0.05, 0.1) is 6.61 Å². The lowest BCUT2D eigenvalue weighted by Crippen LogP contribution is -2.28. The molecule has 0 aromatic rings. The van der Waals surface area contributed by atoms with Crippen LogP contribution in [0.2, 0.25) is 0 Å². The van der Waals surface area contributed by atoms with Gasteiger partial charge in [-0.1, -0.05) is 140 Å². The van der Waals surface area contributed by atoms with Crippen LogP contribution in [0.15, 0.2) is 48.6 Å². The minimum atomic E-state index is -0.778. The second-order valence-electron chi connectivity index (χ2n) is 11.2. The molecule has 0 fully saturated rings. The number of aliphatic hydroxyl groups excluding tert-OH is 1. The quantitative estimate of drug-likeness (QED) is 0.0513. The van der Waals surface area contributed by atoms with Gasteiger partial charge in [0.1, 0.15) is 6.61 Å². The summed E-state index contributed by atoms with van der Waals surface area (Å²) in [6.07, 6.45) is 40.2. The number of rotatable bonds is 30. The third-order valence-electron chi connectivity index (χ3n) is 7.14. The van der Waals surface area contributed by atoms with Crippen molar-refractivity contribution < 1.29 is 24.2 Å². The number of ether oxygens (including phenoxy) is 2. The number of unbranched alkanes of at least 4 members (excludes halogenated alkanes) is 14. The number of hydrogen-bond donors (Lipinski definition) is 1. The molecule has 0 bridgehead atoms. The summed E-state index contributed by atoms with van der Waals surface area (Å²) in [6, 6.07) is 0. The molecule has 0 spiro atoms. The van der Waals surface area contributed by atoms with Gasteiger partial charge in [-0.3, -0.25) is 9.59 Å². The van der Waals surface area contributed by atoms with Crippen LogP contribution in [-0.4, -0.2) is 36.4 Å². The summed E-state index contributed by atoms with van der Waals surface area (Å²) in [4.78, 5) is 24.1. The average molecular weight is 589 g/mol. The van der Waals surface area contributed by atoms with Crippen molar-refractivity contribution in [3.63, 3.8) is 0 Å². The molecule has 1 unspecified atom stereocenters. The summed E-state index contributed by atoms with van der Waals surface area (Å²) in [6.45, 7) is 3.97. The Labute approximate surface area is 258 Å². The van der Waals surface area contributed by atoms with Crippen molar-refractivity contribution in [1.29, 1.82) is 0 Å². The Morgan fingerprint density at radius 1 is 0.571 bits per heavy atom. The molecule has 42 heavy (non-hydrogen) atoms. The van der Waals surface area contributed by atoms with Crippen LogP contribution < -0.4 is 0 Å². The second-order valence-corrected chi connectivity index (χ2v) is 11.2. The zero-order chi connectivity index (χ0) is 30.8. The molecule has 0 aliphatic heterocycles. The first-order chi connectivity index (χ1) is 20.6. The van der Waals surface area contributed by atoms with Crippen molar-refractivity contribution in [3.8, 4) is 0 Å². The number of carbonyl (C=O) groups excluding carboxylic acids is 2. The highest BCUT2D eigenvalue weighted by Crippen LogP contribution is 2.13. The topological polar surface area (TPSA) is 72.8 Å². The van der Waals surface area contributed by atoms with E-state index in [1.54, 1.807) is 0 Å². The Bertz CT molecular complexity index is 722. The number of aliphatic hydroxyl groups is 1. The summed E-state index contributed by atoms with van der Waals surface area (Å²) in [5, 5.41) is 9.50. The minimum absolute atomic E-state index is 0.0782. The Kier molecular flexibility index (Phi) is 31.7. The highest BCUT2D eigenvalue weighted by Gasteiger charge is 2.16. The molecule has 0 aliphatic carbocycles. The molecule has 242 valence electrons. The molecule has 5 heteroatoms. The van der Waals surface area contributed by atoms with E-state index in [1.807, 2.05) is 0 Å². The van der Waals surface area contributed by atoms with Gasteiger partial charge in [-0.05, 0) is 51.4 Å². The van der Waals surface area contributed by atoms with Crippen molar-refractivity contribution in [2.75, 3.05) is 13.2 Å². The summed E-state index contributed by atoms with van der Waals surface area (Å²) in [5.74, 6) is -0.622. The third-order valence-corrected chi connectivity index (χ3v) is 7.14. The van der Waals surface area contributed by atoms with E-state index in [0.29, 0.717) is 12.8 Å². The van der Waals surface area contributed by atoms with Gasteiger partial charge in [0.15, 0.2) is 6.10 Å². The number of allylic oxidation sites excluding steroid dienone is 8. The lowest BCUT2D eigenvalue weighted by molar-refractivity contribution is -0.161. The van der Waals surface area contributed by atoms with Crippen molar-refractivity contribution >= 4 is 11.9 Å². The molecule has 0 aromatic carbocycles.